The van der Waals surface area contributed by atoms with Crippen LogP contribution in [0.15, 0.2) is 78.5 Å². The van der Waals surface area contributed by atoms with Gasteiger partial charge in [0.15, 0.2) is 23.2 Å². The zero-order valence-corrected chi connectivity index (χ0v) is 20.6. The molecule has 184 valence electrons. The Balaban J connectivity index is 1.48. The third-order valence-corrected chi connectivity index (χ3v) is 5.48. The lowest BCUT2D eigenvalue weighted by Crippen LogP contribution is -2.30. The van der Waals surface area contributed by atoms with E-state index in [9.17, 15) is 9.59 Å². The van der Waals surface area contributed by atoms with E-state index in [1.165, 1.54) is 12.0 Å². The fourth-order valence-electron chi connectivity index (χ4n) is 3.60. The second-order valence-electron chi connectivity index (χ2n) is 7.64. The first-order chi connectivity index (χ1) is 17.5. The fourth-order valence-corrected chi connectivity index (χ4v) is 3.89. The molecule has 0 aliphatic carbocycles. The molecule has 9 heteroatoms. The van der Waals surface area contributed by atoms with Crippen molar-refractivity contribution in [1.29, 1.82) is 0 Å². The van der Waals surface area contributed by atoms with Gasteiger partial charge >= 0.3 is 0 Å². The summed E-state index contributed by atoms with van der Waals surface area (Å²) in [5, 5.41) is 5.99. The maximum atomic E-state index is 13.2. The highest BCUT2D eigenvalue weighted by Crippen LogP contribution is 2.33. The van der Waals surface area contributed by atoms with E-state index < -0.39 is 0 Å². The van der Waals surface area contributed by atoms with Crippen LogP contribution in [0.5, 0.6) is 17.2 Å². The molecule has 1 aliphatic heterocycles. The highest BCUT2D eigenvalue weighted by atomic mass is 32.1. The SMILES string of the molecule is CCOc1ccccc1N1C(=O)/C(=C\c2ccc(OCC(=O)Nc3ccccc3)c(OC)c2)NC1=S. The second kappa shape index (κ2) is 11.4. The van der Waals surface area contributed by atoms with Crippen LogP contribution in [0.1, 0.15) is 12.5 Å². The number of amides is 2. The molecule has 1 aliphatic rings. The van der Waals surface area contributed by atoms with E-state index in [2.05, 4.69) is 10.6 Å². The van der Waals surface area contributed by atoms with Crippen molar-refractivity contribution in [3.63, 3.8) is 0 Å². The minimum absolute atomic E-state index is 0.186. The number of methoxy groups -OCH3 is 1. The van der Waals surface area contributed by atoms with E-state index in [4.69, 9.17) is 26.4 Å². The number of nitrogens with one attached hydrogen (secondary N) is 2. The largest absolute Gasteiger partial charge is 0.493 e. The van der Waals surface area contributed by atoms with Crippen LogP contribution in [0, 0.1) is 0 Å². The maximum Gasteiger partial charge on any atom is 0.281 e. The van der Waals surface area contributed by atoms with Gasteiger partial charge in [-0.15, -0.1) is 0 Å². The second-order valence-corrected chi connectivity index (χ2v) is 8.03. The molecule has 1 heterocycles. The monoisotopic (exact) mass is 503 g/mol. The van der Waals surface area contributed by atoms with Crippen LogP contribution in [0.25, 0.3) is 6.08 Å². The van der Waals surface area contributed by atoms with Gasteiger partial charge in [0, 0.05) is 5.69 Å². The number of carbonyl (C=O) groups excluding carboxylic acids is 2. The van der Waals surface area contributed by atoms with Gasteiger partial charge in [-0.3, -0.25) is 9.59 Å². The van der Waals surface area contributed by atoms with E-state index in [-0.39, 0.29) is 23.5 Å². The first-order valence-corrected chi connectivity index (χ1v) is 11.7. The average Bonchev–Trinajstić information content (AvgIpc) is 3.16. The Kier molecular flexibility index (Phi) is 7.82. The summed E-state index contributed by atoms with van der Waals surface area (Å²) in [6, 6.07) is 21.5. The molecule has 0 unspecified atom stereocenters. The summed E-state index contributed by atoms with van der Waals surface area (Å²) in [5.41, 5.74) is 2.25. The minimum atomic E-state index is -0.302. The molecule has 1 saturated heterocycles. The first kappa shape index (κ1) is 24.7. The zero-order valence-electron chi connectivity index (χ0n) is 19.8. The highest BCUT2D eigenvalue weighted by molar-refractivity contribution is 7.80. The standard InChI is InChI=1S/C27H25N3O5S/c1-3-34-22-12-8-7-11-21(22)30-26(32)20(29-27(30)36)15-18-13-14-23(24(16-18)33-2)35-17-25(31)28-19-9-5-4-6-10-19/h4-16H,3,17H2,1-2H3,(H,28,31)(H,29,36)/b20-15+. The van der Waals surface area contributed by atoms with Gasteiger partial charge in [-0.05, 0) is 67.2 Å². The van der Waals surface area contributed by atoms with Crippen molar-refractivity contribution >= 4 is 46.6 Å². The lowest BCUT2D eigenvalue weighted by atomic mass is 10.1. The van der Waals surface area contributed by atoms with Gasteiger partial charge in [0.1, 0.15) is 11.4 Å². The van der Waals surface area contributed by atoms with E-state index in [0.717, 1.165) is 0 Å². The summed E-state index contributed by atoms with van der Waals surface area (Å²) >= 11 is 5.43. The van der Waals surface area contributed by atoms with Crippen molar-refractivity contribution in [2.75, 3.05) is 30.5 Å². The Morgan fingerprint density at radius 2 is 1.75 bits per heavy atom. The molecule has 3 aromatic carbocycles. The molecule has 0 saturated carbocycles. The molecule has 8 nitrogen and oxygen atoms in total. The molecule has 1 fully saturated rings. The van der Waals surface area contributed by atoms with Gasteiger partial charge in [-0.25, -0.2) is 4.90 Å². The third kappa shape index (κ3) is 5.64. The highest BCUT2D eigenvalue weighted by Gasteiger charge is 2.33. The summed E-state index contributed by atoms with van der Waals surface area (Å²) in [6.07, 6.45) is 1.67. The summed E-state index contributed by atoms with van der Waals surface area (Å²) in [5.74, 6) is 0.790. The zero-order chi connectivity index (χ0) is 25.5. The van der Waals surface area contributed by atoms with Gasteiger partial charge in [0.25, 0.3) is 11.8 Å². The average molecular weight is 504 g/mol. The van der Waals surface area contributed by atoms with Gasteiger partial charge in [-0.1, -0.05) is 36.4 Å². The predicted molar refractivity (Wildman–Crippen MR) is 142 cm³/mol. The molecule has 0 aromatic heterocycles. The molecule has 0 radical (unpaired) electrons. The molecule has 0 spiro atoms. The van der Waals surface area contributed by atoms with E-state index in [1.54, 1.807) is 48.5 Å². The van der Waals surface area contributed by atoms with Crippen LogP contribution < -0.4 is 29.7 Å². The van der Waals surface area contributed by atoms with Crippen LogP contribution in [0.3, 0.4) is 0 Å². The Labute approximate surface area is 214 Å². The number of para-hydroxylation sites is 3. The number of benzene rings is 3. The van der Waals surface area contributed by atoms with E-state index in [0.29, 0.717) is 46.5 Å². The number of carbonyl (C=O) groups is 2. The fraction of sp³-hybridized carbons (Fsp3) is 0.148. The van der Waals surface area contributed by atoms with Crippen molar-refractivity contribution in [2.45, 2.75) is 6.92 Å². The molecule has 2 amide bonds. The predicted octanol–water partition coefficient (Wildman–Crippen LogP) is 4.37. The normalized spacial score (nSPS) is 13.9. The van der Waals surface area contributed by atoms with Crippen LogP contribution in [-0.4, -0.2) is 37.3 Å². The number of rotatable bonds is 9. The summed E-state index contributed by atoms with van der Waals surface area (Å²) < 4.78 is 16.7. The Hall–Kier alpha value is -4.37. The van der Waals surface area contributed by atoms with Crippen molar-refractivity contribution in [3.05, 3.63) is 84.1 Å². The van der Waals surface area contributed by atoms with Crippen molar-refractivity contribution < 1.29 is 23.8 Å². The van der Waals surface area contributed by atoms with Crippen molar-refractivity contribution in [1.82, 2.24) is 5.32 Å². The summed E-state index contributed by atoms with van der Waals surface area (Å²) in [4.78, 5) is 26.8. The lowest BCUT2D eigenvalue weighted by Gasteiger charge is -2.17. The number of anilines is 2. The topological polar surface area (TPSA) is 89.1 Å². The Bertz CT molecular complexity index is 1310. The first-order valence-electron chi connectivity index (χ1n) is 11.2. The summed E-state index contributed by atoms with van der Waals surface area (Å²) in [6.45, 7) is 2.15. The van der Waals surface area contributed by atoms with Crippen LogP contribution in [-0.2, 0) is 9.59 Å². The van der Waals surface area contributed by atoms with Crippen LogP contribution in [0.4, 0.5) is 11.4 Å². The molecule has 3 aromatic rings. The number of hydrogen-bond donors (Lipinski definition) is 2. The lowest BCUT2D eigenvalue weighted by molar-refractivity contribution is -0.118. The van der Waals surface area contributed by atoms with Gasteiger partial charge < -0.3 is 24.8 Å². The van der Waals surface area contributed by atoms with E-state index in [1.807, 2.05) is 37.3 Å². The number of hydrogen-bond acceptors (Lipinski definition) is 6. The molecule has 0 bridgehead atoms. The Morgan fingerprint density at radius 1 is 1.00 bits per heavy atom. The van der Waals surface area contributed by atoms with E-state index >= 15 is 0 Å². The van der Waals surface area contributed by atoms with Gasteiger partial charge in [-0.2, -0.15) is 0 Å². The molecule has 36 heavy (non-hydrogen) atoms. The smallest absolute Gasteiger partial charge is 0.281 e. The number of thiocarbonyl (C=S) groups is 1. The number of nitrogens with zero attached hydrogens (tertiary/aromatic N) is 1. The molecular formula is C27H25N3O5S. The van der Waals surface area contributed by atoms with Crippen LogP contribution in [0.2, 0.25) is 0 Å². The van der Waals surface area contributed by atoms with Crippen LogP contribution >= 0.6 is 12.2 Å². The summed E-state index contributed by atoms with van der Waals surface area (Å²) in [7, 11) is 1.50. The Morgan fingerprint density at radius 3 is 2.50 bits per heavy atom. The molecule has 4 rings (SSSR count). The van der Waals surface area contributed by atoms with Crippen molar-refractivity contribution in [3.8, 4) is 17.2 Å². The quantitative estimate of drug-likeness (QED) is 0.331. The molecule has 2 N–H and O–H groups in total. The maximum absolute atomic E-state index is 13.2. The molecule has 0 atom stereocenters. The third-order valence-electron chi connectivity index (χ3n) is 5.20. The van der Waals surface area contributed by atoms with Crippen molar-refractivity contribution in [2.24, 2.45) is 0 Å². The van der Waals surface area contributed by atoms with Gasteiger partial charge in [0.2, 0.25) is 0 Å². The molecular weight excluding hydrogens is 478 g/mol. The van der Waals surface area contributed by atoms with Gasteiger partial charge in [0.05, 0.1) is 19.4 Å². The number of ether oxygens (including phenoxy) is 3. The minimum Gasteiger partial charge on any atom is -0.493 e.